The molecule has 0 aliphatic heterocycles. The first-order chi connectivity index (χ1) is 14.6. The van der Waals surface area contributed by atoms with Crippen LogP contribution in [0.4, 0.5) is 0 Å². The van der Waals surface area contributed by atoms with E-state index in [1.165, 1.54) is 23.1 Å². The number of thiophene rings is 1. The number of ether oxygens (including phenoxy) is 2. The average molecular weight is 441 g/mol. The van der Waals surface area contributed by atoms with Gasteiger partial charge in [-0.15, -0.1) is 11.3 Å². The van der Waals surface area contributed by atoms with Gasteiger partial charge in [0.15, 0.2) is 5.16 Å². The Labute approximate surface area is 181 Å². The lowest BCUT2D eigenvalue weighted by molar-refractivity contribution is -0.139. The Kier molecular flexibility index (Phi) is 6.06. The first kappa shape index (κ1) is 20.4. The van der Waals surface area contributed by atoms with Crippen molar-refractivity contribution in [3.8, 4) is 5.75 Å². The number of thioether (sulfide) groups is 1. The normalized spacial score (nSPS) is 11.1. The van der Waals surface area contributed by atoms with Crippen molar-refractivity contribution in [1.82, 2.24) is 9.55 Å². The van der Waals surface area contributed by atoms with Crippen molar-refractivity contribution < 1.29 is 14.3 Å². The summed E-state index contributed by atoms with van der Waals surface area (Å²) in [5, 5.41) is 1.45. The molecule has 0 aliphatic rings. The second-order valence-electron chi connectivity index (χ2n) is 6.50. The van der Waals surface area contributed by atoms with Crippen molar-refractivity contribution in [1.29, 1.82) is 0 Å². The number of benzene rings is 2. The van der Waals surface area contributed by atoms with Gasteiger partial charge in [-0.05, 0) is 30.7 Å². The summed E-state index contributed by atoms with van der Waals surface area (Å²) in [4.78, 5) is 30.1. The van der Waals surface area contributed by atoms with Crippen LogP contribution < -0.4 is 10.3 Å². The van der Waals surface area contributed by atoms with Crippen LogP contribution in [0.25, 0.3) is 20.3 Å². The minimum absolute atomic E-state index is 0.0937. The van der Waals surface area contributed by atoms with Crippen LogP contribution in [0.15, 0.2) is 58.5 Å². The first-order valence-electron chi connectivity index (χ1n) is 9.44. The van der Waals surface area contributed by atoms with Gasteiger partial charge < -0.3 is 9.47 Å². The quantitative estimate of drug-likeness (QED) is 0.242. The Morgan fingerprint density at radius 1 is 1.17 bits per heavy atom. The van der Waals surface area contributed by atoms with E-state index in [1.807, 2.05) is 48.5 Å². The van der Waals surface area contributed by atoms with Gasteiger partial charge in [0.25, 0.3) is 5.56 Å². The van der Waals surface area contributed by atoms with Crippen LogP contribution in [0.3, 0.4) is 0 Å². The highest BCUT2D eigenvalue weighted by molar-refractivity contribution is 7.99. The maximum atomic E-state index is 13.4. The smallest absolute Gasteiger partial charge is 0.316 e. The van der Waals surface area contributed by atoms with Gasteiger partial charge >= 0.3 is 5.97 Å². The summed E-state index contributed by atoms with van der Waals surface area (Å²) in [6.45, 7) is 2.44. The highest BCUT2D eigenvalue weighted by Gasteiger charge is 2.17. The Balaban J connectivity index is 1.80. The number of nitrogens with zero attached hydrogens (tertiary/aromatic N) is 2. The third kappa shape index (κ3) is 4.06. The fourth-order valence-corrected chi connectivity index (χ4v) is 5.02. The van der Waals surface area contributed by atoms with E-state index in [0.29, 0.717) is 28.5 Å². The summed E-state index contributed by atoms with van der Waals surface area (Å²) in [5.74, 6) is 0.514. The monoisotopic (exact) mass is 440 g/mol. The summed E-state index contributed by atoms with van der Waals surface area (Å²) in [5.41, 5.74) is 1.51. The second-order valence-corrected chi connectivity index (χ2v) is 8.50. The topological polar surface area (TPSA) is 70.4 Å². The lowest BCUT2D eigenvalue weighted by atomic mass is 10.2. The molecule has 0 bridgehead atoms. The minimum atomic E-state index is -0.331. The van der Waals surface area contributed by atoms with E-state index in [4.69, 9.17) is 14.5 Å². The van der Waals surface area contributed by atoms with Crippen molar-refractivity contribution in [2.24, 2.45) is 0 Å². The molecule has 0 unspecified atom stereocenters. The molecule has 0 spiro atoms. The van der Waals surface area contributed by atoms with Gasteiger partial charge in [-0.3, -0.25) is 14.2 Å². The summed E-state index contributed by atoms with van der Waals surface area (Å²) in [6, 6.07) is 15.4. The molecular formula is C22H20N2O4S2. The van der Waals surface area contributed by atoms with Crippen LogP contribution in [0.1, 0.15) is 12.5 Å². The molecule has 2 aromatic carbocycles. The van der Waals surface area contributed by atoms with Crippen LogP contribution in [0.2, 0.25) is 0 Å². The summed E-state index contributed by atoms with van der Waals surface area (Å²) in [6.07, 6.45) is 0. The molecule has 0 N–H and O–H groups in total. The summed E-state index contributed by atoms with van der Waals surface area (Å²) in [7, 11) is 1.61. The first-order valence-corrected chi connectivity index (χ1v) is 11.2. The van der Waals surface area contributed by atoms with E-state index in [2.05, 4.69) is 0 Å². The van der Waals surface area contributed by atoms with Crippen LogP contribution >= 0.6 is 23.1 Å². The molecule has 0 saturated heterocycles. The number of esters is 1. The number of carbonyl (C=O) groups is 1. The molecular weight excluding hydrogens is 420 g/mol. The molecule has 0 atom stereocenters. The van der Waals surface area contributed by atoms with Gasteiger partial charge in [0.1, 0.15) is 10.4 Å². The standard InChI is InChI=1S/C22H20N2O4S2/c1-3-28-18(25)13-29-22-23-19-16-6-4-5-7-17(16)30-20(19)21(26)24(22)12-14-8-10-15(27-2)11-9-14/h4-11H,3,12-13H2,1-2H3. The third-order valence-electron chi connectivity index (χ3n) is 4.57. The van der Waals surface area contributed by atoms with Crippen molar-refractivity contribution in [3.63, 3.8) is 0 Å². The van der Waals surface area contributed by atoms with Crippen molar-refractivity contribution in [2.45, 2.75) is 18.6 Å². The van der Waals surface area contributed by atoms with Gasteiger partial charge in [-0.25, -0.2) is 4.98 Å². The highest BCUT2D eigenvalue weighted by Crippen LogP contribution is 2.32. The predicted molar refractivity (Wildman–Crippen MR) is 121 cm³/mol. The predicted octanol–water partition coefficient (Wildman–Crippen LogP) is 4.32. The number of carbonyl (C=O) groups excluding carboxylic acids is 1. The number of rotatable bonds is 7. The van der Waals surface area contributed by atoms with Gasteiger partial charge in [-0.2, -0.15) is 0 Å². The zero-order valence-corrected chi connectivity index (χ0v) is 18.2. The van der Waals surface area contributed by atoms with Gasteiger partial charge in [0.05, 0.1) is 31.5 Å². The van der Waals surface area contributed by atoms with Crippen molar-refractivity contribution in [2.75, 3.05) is 19.5 Å². The van der Waals surface area contributed by atoms with E-state index in [9.17, 15) is 9.59 Å². The SMILES string of the molecule is CCOC(=O)CSc1nc2c(sc3ccccc32)c(=O)n1Cc1ccc(OC)cc1. The molecule has 0 radical (unpaired) electrons. The van der Waals surface area contributed by atoms with Gasteiger partial charge in [0, 0.05) is 10.1 Å². The van der Waals surface area contributed by atoms with E-state index in [1.54, 1.807) is 18.6 Å². The molecule has 30 heavy (non-hydrogen) atoms. The van der Waals surface area contributed by atoms with Crippen LogP contribution in [0.5, 0.6) is 5.75 Å². The molecule has 2 heterocycles. The lowest BCUT2D eigenvalue weighted by Gasteiger charge is -2.12. The zero-order valence-electron chi connectivity index (χ0n) is 16.6. The molecule has 2 aromatic heterocycles. The zero-order chi connectivity index (χ0) is 21.1. The summed E-state index contributed by atoms with van der Waals surface area (Å²) < 4.78 is 13.5. The highest BCUT2D eigenvalue weighted by atomic mass is 32.2. The molecule has 0 fully saturated rings. The molecule has 0 amide bonds. The van der Waals surface area contributed by atoms with Crippen LogP contribution in [-0.4, -0.2) is 35.0 Å². The molecule has 154 valence electrons. The molecule has 8 heteroatoms. The molecule has 6 nitrogen and oxygen atoms in total. The fourth-order valence-electron chi connectivity index (χ4n) is 3.14. The van der Waals surface area contributed by atoms with Crippen LogP contribution in [0, 0.1) is 0 Å². The lowest BCUT2D eigenvalue weighted by Crippen LogP contribution is -2.23. The largest absolute Gasteiger partial charge is 0.497 e. The number of methoxy groups -OCH3 is 1. The van der Waals surface area contributed by atoms with Crippen molar-refractivity contribution in [3.05, 3.63) is 64.4 Å². The number of aromatic nitrogens is 2. The summed E-state index contributed by atoms with van der Waals surface area (Å²) >= 11 is 2.66. The van der Waals surface area contributed by atoms with E-state index >= 15 is 0 Å². The Morgan fingerprint density at radius 3 is 2.67 bits per heavy atom. The third-order valence-corrected chi connectivity index (χ3v) is 6.67. The Bertz CT molecular complexity index is 1260. The average Bonchev–Trinajstić information content (AvgIpc) is 3.14. The number of hydrogen-bond donors (Lipinski definition) is 0. The molecule has 4 aromatic rings. The number of fused-ring (bicyclic) bond motifs is 3. The molecule has 0 aliphatic carbocycles. The maximum Gasteiger partial charge on any atom is 0.316 e. The Morgan fingerprint density at radius 2 is 1.93 bits per heavy atom. The second kappa shape index (κ2) is 8.89. The number of hydrogen-bond acceptors (Lipinski definition) is 7. The Hall–Kier alpha value is -2.84. The van der Waals surface area contributed by atoms with E-state index in [-0.39, 0.29) is 17.3 Å². The maximum absolute atomic E-state index is 13.4. The van der Waals surface area contributed by atoms with E-state index < -0.39 is 0 Å². The van der Waals surface area contributed by atoms with Crippen molar-refractivity contribution >= 4 is 49.4 Å². The van der Waals surface area contributed by atoms with Crippen LogP contribution in [-0.2, 0) is 16.1 Å². The molecule has 4 rings (SSSR count). The minimum Gasteiger partial charge on any atom is -0.497 e. The molecule has 0 saturated carbocycles. The van der Waals surface area contributed by atoms with Gasteiger partial charge in [0.2, 0.25) is 0 Å². The fraction of sp³-hybridized carbons (Fsp3) is 0.227. The van der Waals surface area contributed by atoms with E-state index in [0.717, 1.165) is 21.4 Å². The van der Waals surface area contributed by atoms with Gasteiger partial charge in [-0.1, -0.05) is 42.1 Å².